The number of rotatable bonds is 9. The summed E-state index contributed by atoms with van der Waals surface area (Å²) in [6.45, 7) is 4.50. The molecular formula is C28H38N6O10. The number of carbonyl (C=O) groups excluding carboxylic acids is 3. The molecule has 1 aromatic rings. The third-order valence-electron chi connectivity index (χ3n) is 6.49. The molecule has 0 bridgehead atoms. The lowest BCUT2D eigenvalue weighted by molar-refractivity contribution is -0.138. The van der Waals surface area contributed by atoms with E-state index in [0.29, 0.717) is 5.69 Å². The molecule has 1 aliphatic heterocycles. The van der Waals surface area contributed by atoms with Gasteiger partial charge in [0, 0.05) is 58.0 Å². The fourth-order valence-electron chi connectivity index (χ4n) is 4.00. The predicted octanol–water partition coefficient (Wildman–Crippen LogP) is 1.13. The van der Waals surface area contributed by atoms with E-state index in [1.807, 2.05) is 0 Å². The Kier molecular flexibility index (Phi) is 14.1. The van der Waals surface area contributed by atoms with Crippen LogP contribution < -0.4 is 10.6 Å². The Morgan fingerprint density at radius 2 is 1.27 bits per heavy atom. The molecule has 0 aromatic heterocycles. The number of carboxylic acid groups (broad SMARTS) is 3. The van der Waals surface area contributed by atoms with Gasteiger partial charge in [0.05, 0.1) is 25.3 Å². The Bertz CT molecular complexity index is 1210. The average Bonchev–Trinajstić information content (AvgIpc) is 2.96. The molecule has 2 rings (SSSR count). The zero-order chi connectivity index (χ0) is 32.6. The molecule has 1 saturated heterocycles. The van der Waals surface area contributed by atoms with E-state index in [9.17, 15) is 44.1 Å². The Balaban J connectivity index is 1.92. The maximum Gasteiger partial charge on any atom is 0.407 e. The summed E-state index contributed by atoms with van der Waals surface area (Å²) < 4.78 is 4.87. The molecule has 1 fully saturated rings. The fraction of sp³-hybridized carbons (Fsp3) is 0.429. The Morgan fingerprint density at radius 1 is 0.795 bits per heavy atom. The highest BCUT2D eigenvalue weighted by Gasteiger charge is 2.23. The smallest absolute Gasteiger partial charge is 0.407 e. The normalized spacial score (nSPS) is 15.1. The van der Waals surface area contributed by atoms with Crippen LogP contribution in [0.2, 0.25) is 0 Å². The quantitative estimate of drug-likeness (QED) is 0.150. The maximum absolute atomic E-state index is 12.6. The highest BCUT2D eigenvalue weighted by atomic mass is 16.5. The van der Waals surface area contributed by atoms with Crippen molar-refractivity contribution < 1.29 is 48.8 Å². The highest BCUT2D eigenvalue weighted by Crippen LogP contribution is 2.12. The number of hydrogen-bond donors (Lipinski definition) is 5. The first kappa shape index (κ1) is 35.1. The molecule has 1 aliphatic rings. The van der Waals surface area contributed by atoms with E-state index in [-0.39, 0.29) is 77.6 Å². The van der Waals surface area contributed by atoms with Crippen molar-refractivity contribution in [3.8, 4) is 0 Å². The second-order valence-corrected chi connectivity index (χ2v) is 9.61. The minimum atomic E-state index is -1.29. The Morgan fingerprint density at radius 3 is 1.73 bits per heavy atom. The molecule has 1 heterocycles. The Hall–Kier alpha value is -5.12. The lowest BCUT2D eigenvalue weighted by Crippen LogP contribution is -2.50. The molecule has 16 heteroatoms. The average molecular weight is 619 g/mol. The van der Waals surface area contributed by atoms with Crippen molar-refractivity contribution in [2.24, 2.45) is 0 Å². The summed E-state index contributed by atoms with van der Waals surface area (Å²) in [4.78, 5) is 76.1. The molecule has 0 spiro atoms. The van der Waals surface area contributed by atoms with Gasteiger partial charge in [-0.1, -0.05) is 24.8 Å². The number of ether oxygens (including phenoxy) is 1. The predicted molar refractivity (Wildman–Crippen MR) is 158 cm³/mol. The largest absolute Gasteiger partial charge is 0.465 e. The van der Waals surface area contributed by atoms with Crippen LogP contribution in [0.15, 0.2) is 42.5 Å². The summed E-state index contributed by atoms with van der Waals surface area (Å²) in [5.74, 6) is -1.55. The first-order valence-electron chi connectivity index (χ1n) is 13.8. The first-order valence-corrected chi connectivity index (χ1v) is 13.8. The lowest BCUT2D eigenvalue weighted by Gasteiger charge is -2.31. The summed E-state index contributed by atoms with van der Waals surface area (Å²) in [6, 6.07) is 6.70. The van der Waals surface area contributed by atoms with E-state index >= 15 is 0 Å². The van der Waals surface area contributed by atoms with Crippen LogP contribution in [0, 0.1) is 0 Å². The van der Waals surface area contributed by atoms with Crippen molar-refractivity contribution in [3.05, 3.63) is 48.1 Å². The minimum absolute atomic E-state index is 0.0499. The van der Waals surface area contributed by atoms with Crippen LogP contribution in [0.25, 0.3) is 6.08 Å². The fourth-order valence-corrected chi connectivity index (χ4v) is 4.00. The van der Waals surface area contributed by atoms with Gasteiger partial charge in [0.1, 0.15) is 0 Å². The van der Waals surface area contributed by atoms with Gasteiger partial charge in [0.15, 0.2) is 0 Å². The molecule has 0 atom stereocenters. The summed E-state index contributed by atoms with van der Waals surface area (Å²) in [7, 11) is 0. The molecule has 5 N–H and O–H groups in total. The molecule has 0 radical (unpaired) electrons. The molecule has 240 valence electrons. The van der Waals surface area contributed by atoms with Crippen LogP contribution in [-0.4, -0.2) is 143 Å². The number of carbonyl (C=O) groups is 6. The molecule has 0 aliphatic carbocycles. The molecular weight excluding hydrogens is 580 g/mol. The van der Waals surface area contributed by atoms with Crippen molar-refractivity contribution in [3.63, 3.8) is 0 Å². The van der Waals surface area contributed by atoms with Crippen LogP contribution in [0.3, 0.4) is 0 Å². The van der Waals surface area contributed by atoms with Gasteiger partial charge < -0.3 is 45.4 Å². The van der Waals surface area contributed by atoms with Crippen molar-refractivity contribution in [2.75, 3.05) is 77.4 Å². The summed E-state index contributed by atoms with van der Waals surface area (Å²) >= 11 is 0. The van der Waals surface area contributed by atoms with E-state index in [2.05, 4.69) is 17.2 Å². The first-order chi connectivity index (χ1) is 20.9. The number of nitrogens with one attached hydrogen (secondary N) is 2. The van der Waals surface area contributed by atoms with Crippen LogP contribution in [0.1, 0.15) is 12.5 Å². The number of nitrogens with zero attached hydrogens (tertiary/aromatic N) is 4. The number of hydrogen-bond acceptors (Lipinski definition) is 8. The lowest BCUT2D eigenvalue weighted by atomic mass is 10.1. The van der Waals surface area contributed by atoms with Gasteiger partial charge in [-0.05, 0) is 30.7 Å². The van der Waals surface area contributed by atoms with Crippen LogP contribution in [-0.2, 0) is 19.1 Å². The second kappa shape index (κ2) is 17.7. The van der Waals surface area contributed by atoms with Gasteiger partial charge in [-0.25, -0.2) is 19.2 Å². The van der Waals surface area contributed by atoms with Crippen molar-refractivity contribution >= 4 is 47.8 Å². The van der Waals surface area contributed by atoms with E-state index in [0.717, 1.165) is 20.3 Å². The van der Waals surface area contributed by atoms with Gasteiger partial charge in [-0.15, -0.1) is 0 Å². The monoisotopic (exact) mass is 618 g/mol. The van der Waals surface area contributed by atoms with Crippen LogP contribution in [0.5, 0.6) is 0 Å². The van der Waals surface area contributed by atoms with Crippen LogP contribution >= 0.6 is 0 Å². The molecule has 5 amide bonds. The van der Waals surface area contributed by atoms with E-state index in [1.165, 1.54) is 6.08 Å². The third-order valence-corrected chi connectivity index (χ3v) is 6.49. The standard InChI is InChI=1S/C28H38N6O10/c1-3-44-25(37)20(2)4-5-21-6-8-22(9-7-21)30-23(35)18-29-24(36)19-31-10-12-32(26(38)39)14-16-34(28(42)43)17-15-33(13-11-31)27(40)41/h4-9H,2-3,10-19H2,1H3,(H,29,36)(H,30,35)(H,38,39)(H,40,41)(H,42,43)/b5-4+. The topological polar surface area (TPSA) is 209 Å². The van der Waals surface area contributed by atoms with Gasteiger partial charge in [-0.3, -0.25) is 14.5 Å². The van der Waals surface area contributed by atoms with E-state index in [1.54, 1.807) is 42.2 Å². The zero-order valence-corrected chi connectivity index (χ0v) is 24.4. The van der Waals surface area contributed by atoms with Gasteiger partial charge >= 0.3 is 24.2 Å². The third kappa shape index (κ3) is 12.4. The molecule has 16 nitrogen and oxygen atoms in total. The second-order valence-electron chi connectivity index (χ2n) is 9.61. The Labute approximate surface area is 254 Å². The zero-order valence-electron chi connectivity index (χ0n) is 24.4. The number of amides is 5. The van der Waals surface area contributed by atoms with Gasteiger partial charge in [0.2, 0.25) is 11.8 Å². The molecule has 1 aromatic carbocycles. The van der Waals surface area contributed by atoms with Crippen molar-refractivity contribution in [1.82, 2.24) is 24.9 Å². The van der Waals surface area contributed by atoms with Crippen molar-refractivity contribution in [1.29, 1.82) is 0 Å². The van der Waals surface area contributed by atoms with Crippen LogP contribution in [0.4, 0.5) is 20.1 Å². The minimum Gasteiger partial charge on any atom is -0.465 e. The summed E-state index contributed by atoms with van der Waals surface area (Å²) in [5, 5.41) is 33.6. The molecule has 0 unspecified atom stereocenters. The number of benzene rings is 1. The van der Waals surface area contributed by atoms with Crippen molar-refractivity contribution in [2.45, 2.75) is 6.92 Å². The SMILES string of the molecule is C=C(/C=C/c1ccc(NC(=O)CNC(=O)CN2CCN(C(=O)O)CCN(C(=O)O)CCN(C(=O)O)CC2)cc1)C(=O)OCC. The summed E-state index contributed by atoms with van der Waals surface area (Å²) in [6.07, 6.45) is -0.619. The van der Waals surface area contributed by atoms with E-state index < -0.39 is 36.1 Å². The molecule has 0 saturated carbocycles. The number of esters is 1. The van der Waals surface area contributed by atoms with Gasteiger partial charge in [-0.2, -0.15) is 0 Å². The maximum atomic E-state index is 12.6. The number of anilines is 1. The van der Waals surface area contributed by atoms with E-state index in [4.69, 9.17) is 4.74 Å². The highest BCUT2D eigenvalue weighted by molar-refractivity contribution is 5.95. The van der Waals surface area contributed by atoms with Gasteiger partial charge in [0.25, 0.3) is 0 Å². The summed E-state index contributed by atoms with van der Waals surface area (Å²) in [5.41, 5.74) is 1.41. The molecule has 44 heavy (non-hydrogen) atoms.